The number of piperidine rings is 1. The molecule has 0 radical (unpaired) electrons. The van der Waals surface area contributed by atoms with E-state index in [4.69, 9.17) is 4.74 Å². The summed E-state index contributed by atoms with van der Waals surface area (Å²) >= 11 is 0. The second kappa shape index (κ2) is 11.7. The van der Waals surface area contributed by atoms with Gasteiger partial charge < -0.3 is 10.1 Å². The standard InChI is InChI=1S/C26H33N5O2/c32-25(29-26(27-21-28-30-26)15-14-22-9-3-1-4-10-22)13-8-18-33-24-12-7-11-23(19-24)20-31-16-5-2-6-17-31/h1,3-4,7,9-12,19,21H,2,5-6,8,13-18,20H2,(H,29,32). The highest BCUT2D eigenvalue weighted by molar-refractivity contribution is 5.77. The van der Waals surface area contributed by atoms with Gasteiger partial charge in [-0.3, -0.25) is 9.69 Å². The maximum absolute atomic E-state index is 12.6. The Morgan fingerprint density at radius 3 is 2.64 bits per heavy atom. The predicted molar refractivity (Wildman–Crippen MR) is 129 cm³/mol. The molecule has 0 spiro atoms. The number of hydrogen-bond acceptors (Lipinski definition) is 6. The van der Waals surface area contributed by atoms with Crippen LogP contribution in [0, 0.1) is 0 Å². The third-order valence-electron chi connectivity index (χ3n) is 6.06. The number of azo groups is 1. The first-order valence-corrected chi connectivity index (χ1v) is 12.0. The summed E-state index contributed by atoms with van der Waals surface area (Å²) in [5, 5.41) is 11.0. The van der Waals surface area contributed by atoms with E-state index < -0.39 is 5.79 Å². The Labute approximate surface area is 196 Å². The van der Waals surface area contributed by atoms with Crippen LogP contribution in [0.4, 0.5) is 0 Å². The highest BCUT2D eigenvalue weighted by atomic mass is 16.5. The van der Waals surface area contributed by atoms with E-state index in [1.807, 2.05) is 30.3 Å². The van der Waals surface area contributed by atoms with Gasteiger partial charge in [0.15, 0.2) is 0 Å². The first-order chi connectivity index (χ1) is 16.2. The maximum Gasteiger partial charge on any atom is 0.248 e. The molecule has 174 valence electrons. The molecule has 0 aliphatic carbocycles. The van der Waals surface area contributed by atoms with Crippen molar-refractivity contribution >= 4 is 12.2 Å². The fourth-order valence-corrected chi connectivity index (χ4v) is 4.28. The van der Waals surface area contributed by atoms with Crippen LogP contribution >= 0.6 is 0 Å². The summed E-state index contributed by atoms with van der Waals surface area (Å²) in [6.45, 7) is 3.81. The summed E-state index contributed by atoms with van der Waals surface area (Å²) in [5.41, 5.74) is 2.45. The fourth-order valence-electron chi connectivity index (χ4n) is 4.28. The van der Waals surface area contributed by atoms with Gasteiger partial charge in [0.2, 0.25) is 11.7 Å². The molecule has 0 saturated carbocycles. The Bertz CT molecular complexity index is 942. The molecule has 1 amide bonds. The van der Waals surface area contributed by atoms with E-state index in [0.29, 0.717) is 25.9 Å². The van der Waals surface area contributed by atoms with Gasteiger partial charge in [-0.05, 0) is 62.0 Å². The van der Waals surface area contributed by atoms with Crippen molar-refractivity contribution in [1.82, 2.24) is 10.2 Å². The summed E-state index contributed by atoms with van der Waals surface area (Å²) in [6.07, 6.45) is 7.64. The van der Waals surface area contributed by atoms with Crippen LogP contribution in [0.1, 0.15) is 49.7 Å². The molecule has 1 fully saturated rings. The van der Waals surface area contributed by atoms with Gasteiger partial charge in [0.05, 0.1) is 6.61 Å². The molecule has 7 nitrogen and oxygen atoms in total. The van der Waals surface area contributed by atoms with Crippen molar-refractivity contribution in [3.05, 3.63) is 65.7 Å². The van der Waals surface area contributed by atoms with E-state index >= 15 is 0 Å². The van der Waals surface area contributed by atoms with Crippen molar-refractivity contribution in [3.63, 3.8) is 0 Å². The summed E-state index contributed by atoms with van der Waals surface area (Å²) < 4.78 is 5.92. The summed E-state index contributed by atoms with van der Waals surface area (Å²) in [6, 6.07) is 18.4. The molecule has 33 heavy (non-hydrogen) atoms. The zero-order valence-corrected chi connectivity index (χ0v) is 19.2. The lowest BCUT2D eigenvalue weighted by Crippen LogP contribution is -2.44. The van der Waals surface area contributed by atoms with Gasteiger partial charge in [-0.2, -0.15) is 0 Å². The molecule has 0 bridgehead atoms. The Kier molecular flexibility index (Phi) is 8.19. The molecule has 2 aliphatic rings. The molecule has 1 saturated heterocycles. The van der Waals surface area contributed by atoms with Crippen LogP contribution in [0.25, 0.3) is 0 Å². The largest absolute Gasteiger partial charge is 0.494 e. The number of nitrogens with one attached hydrogen (secondary N) is 1. The van der Waals surface area contributed by atoms with E-state index in [1.54, 1.807) is 0 Å². The molecule has 4 rings (SSSR count). The molecule has 2 aromatic rings. The lowest BCUT2D eigenvalue weighted by Gasteiger charge is -2.26. The predicted octanol–water partition coefficient (Wildman–Crippen LogP) is 4.73. The van der Waals surface area contributed by atoms with Crippen molar-refractivity contribution in [3.8, 4) is 5.75 Å². The smallest absolute Gasteiger partial charge is 0.248 e. The molecule has 1 atom stereocenters. The highest BCUT2D eigenvalue weighted by Crippen LogP contribution is 2.22. The monoisotopic (exact) mass is 447 g/mol. The van der Waals surface area contributed by atoms with Crippen molar-refractivity contribution < 1.29 is 9.53 Å². The number of likely N-dealkylation sites (tertiary alicyclic amines) is 1. The normalized spacial score (nSPS) is 20.1. The molecule has 2 aromatic carbocycles. The van der Waals surface area contributed by atoms with Crippen LogP contribution in [0.15, 0.2) is 69.8 Å². The van der Waals surface area contributed by atoms with Crippen LogP contribution in [-0.4, -0.2) is 42.6 Å². The van der Waals surface area contributed by atoms with Crippen LogP contribution in [0.3, 0.4) is 0 Å². The van der Waals surface area contributed by atoms with Crippen LogP contribution in [-0.2, 0) is 17.8 Å². The lowest BCUT2D eigenvalue weighted by molar-refractivity contribution is -0.123. The molecular formula is C26H33N5O2. The molecule has 7 heteroatoms. The summed E-state index contributed by atoms with van der Waals surface area (Å²) in [5.74, 6) is -0.224. The third-order valence-corrected chi connectivity index (χ3v) is 6.06. The number of hydrogen-bond donors (Lipinski definition) is 1. The minimum Gasteiger partial charge on any atom is -0.494 e. The van der Waals surface area contributed by atoms with Crippen molar-refractivity contribution in [2.75, 3.05) is 19.7 Å². The lowest BCUT2D eigenvalue weighted by atomic mass is 10.1. The first kappa shape index (κ1) is 23.1. The van der Waals surface area contributed by atoms with Gasteiger partial charge in [0, 0.05) is 19.4 Å². The number of carbonyl (C=O) groups excluding carboxylic acids is 1. The quantitative estimate of drug-likeness (QED) is 0.506. The van der Waals surface area contributed by atoms with Gasteiger partial charge in [-0.25, -0.2) is 4.99 Å². The number of amides is 1. The molecular weight excluding hydrogens is 414 g/mol. The van der Waals surface area contributed by atoms with Gasteiger partial charge in [0.25, 0.3) is 0 Å². The fraction of sp³-hybridized carbons (Fsp3) is 0.462. The van der Waals surface area contributed by atoms with Gasteiger partial charge >= 0.3 is 0 Å². The van der Waals surface area contributed by atoms with E-state index in [9.17, 15) is 4.79 Å². The highest BCUT2D eigenvalue weighted by Gasteiger charge is 2.32. The third kappa shape index (κ3) is 7.22. The topological polar surface area (TPSA) is 78.6 Å². The second-order valence-corrected chi connectivity index (χ2v) is 8.75. The molecule has 2 aliphatic heterocycles. The number of ether oxygens (including phenoxy) is 1. The average molecular weight is 448 g/mol. The minimum absolute atomic E-state index is 0.0940. The van der Waals surface area contributed by atoms with Crippen LogP contribution in [0.2, 0.25) is 0 Å². The molecule has 1 unspecified atom stereocenters. The molecule has 2 heterocycles. The van der Waals surface area contributed by atoms with Crippen molar-refractivity contribution in [1.29, 1.82) is 0 Å². The Morgan fingerprint density at radius 1 is 1.03 bits per heavy atom. The zero-order valence-electron chi connectivity index (χ0n) is 19.2. The first-order valence-electron chi connectivity index (χ1n) is 12.0. The van der Waals surface area contributed by atoms with Gasteiger partial charge in [-0.1, -0.05) is 48.9 Å². The maximum atomic E-state index is 12.6. The Morgan fingerprint density at radius 2 is 1.85 bits per heavy atom. The van der Waals surface area contributed by atoms with E-state index in [-0.39, 0.29) is 5.91 Å². The van der Waals surface area contributed by atoms with E-state index in [0.717, 1.165) is 18.7 Å². The number of aliphatic imine (C=N–C) groups is 1. The number of benzene rings is 2. The summed E-state index contributed by atoms with van der Waals surface area (Å²) in [4.78, 5) is 19.4. The SMILES string of the molecule is O=C(CCCOc1cccc(CN2CCCCC2)c1)NC1(CCc2ccccc2)N=CN=N1. The average Bonchev–Trinajstić information content (AvgIpc) is 3.31. The molecule has 0 aromatic heterocycles. The number of aryl methyl sites for hydroxylation is 1. The zero-order chi connectivity index (χ0) is 22.8. The van der Waals surface area contributed by atoms with Crippen molar-refractivity contribution in [2.45, 2.75) is 57.3 Å². The van der Waals surface area contributed by atoms with Crippen LogP contribution in [0.5, 0.6) is 5.75 Å². The number of rotatable bonds is 11. The second-order valence-electron chi connectivity index (χ2n) is 8.75. The van der Waals surface area contributed by atoms with Gasteiger partial charge in [0.1, 0.15) is 12.1 Å². The van der Waals surface area contributed by atoms with Crippen molar-refractivity contribution in [2.24, 2.45) is 15.2 Å². The van der Waals surface area contributed by atoms with E-state index in [1.165, 1.54) is 49.8 Å². The Hall–Kier alpha value is -3.06. The Balaban J connectivity index is 1.19. The van der Waals surface area contributed by atoms with Gasteiger partial charge in [-0.15, -0.1) is 10.2 Å². The minimum atomic E-state index is -0.990. The number of nitrogens with zero attached hydrogens (tertiary/aromatic N) is 4. The van der Waals surface area contributed by atoms with E-state index in [2.05, 4.69) is 49.7 Å². The summed E-state index contributed by atoms with van der Waals surface area (Å²) in [7, 11) is 0. The molecule has 1 N–H and O–H groups in total. The van der Waals surface area contributed by atoms with Crippen LogP contribution < -0.4 is 10.1 Å². The number of carbonyl (C=O) groups is 1.